The number of hydrogen-bond acceptors (Lipinski definition) is 4. The number of benzene rings is 1. The first-order chi connectivity index (χ1) is 11.1. The van der Waals surface area contributed by atoms with Crippen molar-refractivity contribution in [3.05, 3.63) is 52.5 Å². The summed E-state index contributed by atoms with van der Waals surface area (Å²) >= 11 is 1.65. The minimum Gasteiger partial charge on any atom is -0.356 e. The fourth-order valence-corrected chi connectivity index (χ4v) is 3.22. The normalized spacial score (nSPS) is 12.7. The zero-order valence-corrected chi connectivity index (χ0v) is 13.7. The van der Waals surface area contributed by atoms with E-state index in [0.717, 1.165) is 11.8 Å². The van der Waals surface area contributed by atoms with Gasteiger partial charge in [-0.05, 0) is 47.9 Å². The molecule has 23 heavy (non-hydrogen) atoms. The van der Waals surface area contributed by atoms with Gasteiger partial charge < -0.3 is 4.90 Å². The highest BCUT2D eigenvalue weighted by Gasteiger charge is 2.20. The van der Waals surface area contributed by atoms with Crippen LogP contribution < -0.4 is 4.90 Å². The molecule has 0 aliphatic rings. The molecule has 1 aromatic carbocycles. The lowest BCUT2D eigenvalue weighted by Gasteiger charge is -2.27. The number of alkyl halides is 2. The van der Waals surface area contributed by atoms with E-state index in [4.69, 9.17) is 0 Å². The predicted octanol–water partition coefficient (Wildman–Crippen LogP) is 4.70. The Balaban J connectivity index is 1.99. The largest absolute Gasteiger partial charge is 0.356 e. The Morgan fingerprint density at radius 3 is 2.65 bits per heavy atom. The summed E-state index contributed by atoms with van der Waals surface area (Å²) in [5, 5.41) is 4.93. The van der Waals surface area contributed by atoms with Crippen molar-refractivity contribution in [3.8, 4) is 0 Å². The second-order valence-corrected chi connectivity index (χ2v) is 6.30. The van der Waals surface area contributed by atoms with Gasteiger partial charge in [-0.15, -0.1) is 0 Å². The van der Waals surface area contributed by atoms with Crippen LogP contribution in [0.25, 0.3) is 10.9 Å². The third kappa shape index (κ3) is 3.32. The van der Waals surface area contributed by atoms with Gasteiger partial charge in [-0.2, -0.15) is 11.3 Å². The topological polar surface area (TPSA) is 29.0 Å². The smallest absolute Gasteiger partial charge is 0.297 e. The molecule has 0 saturated heterocycles. The van der Waals surface area contributed by atoms with Crippen LogP contribution in [0.2, 0.25) is 0 Å². The molecule has 0 N–H and O–H groups in total. The molecule has 3 nitrogen and oxygen atoms in total. The van der Waals surface area contributed by atoms with Crippen LogP contribution in [0, 0.1) is 0 Å². The van der Waals surface area contributed by atoms with Gasteiger partial charge in [0.1, 0.15) is 5.82 Å². The monoisotopic (exact) mass is 333 g/mol. The maximum Gasteiger partial charge on any atom is 0.297 e. The molecule has 0 spiro atoms. The molecule has 2 heterocycles. The number of hydrogen-bond donors (Lipinski definition) is 0. The Hall–Kier alpha value is -2.08. The molecular formula is C17H17F2N3S. The number of nitrogens with zero attached hydrogens (tertiary/aromatic N) is 3. The van der Waals surface area contributed by atoms with Crippen molar-refractivity contribution < 1.29 is 8.78 Å². The lowest BCUT2D eigenvalue weighted by Crippen LogP contribution is -2.31. The molecule has 0 aliphatic heterocycles. The lowest BCUT2D eigenvalue weighted by atomic mass is 10.1. The predicted molar refractivity (Wildman–Crippen MR) is 90.4 cm³/mol. The summed E-state index contributed by atoms with van der Waals surface area (Å²) < 4.78 is 26.2. The van der Waals surface area contributed by atoms with Crippen LogP contribution in [0.4, 0.5) is 14.6 Å². The molecule has 0 saturated carbocycles. The number of anilines is 1. The number of likely N-dealkylation sites (N-methyl/N-ethyl adjacent to an activating group) is 1. The van der Waals surface area contributed by atoms with Gasteiger partial charge >= 0.3 is 0 Å². The molecule has 3 aromatic rings. The van der Waals surface area contributed by atoms with Crippen molar-refractivity contribution in [2.24, 2.45) is 0 Å². The van der Waals surface area contributed by atoms with Gasteiger partial charge in [-0.25, -0.2) is 18.7 Å². The van der Waals surface area contributed by atoms with Crippen molar-refractivity contribution in [2.75, 3.05) is 11.9 Å². The van der Waals surface area contributed by atoms with Crippen LogP contribution in [0.3, 0.4) is 0 Å². The van der Waals surface area contributed by atoms with E-state index in [9.17, 15) is 8.78 Å². The lowest BCUT2D eigenvalue weighted by molar-refractivity contribution is 0.141. The van der Waals surface area contributed by atoms with Crippen LogP contribution in [0.15, 0.2) is 41.1 Å². The number of aromatic nitrogens is 2. The summed E-state index contributed by atoms with van der Waals surface area (Å²) in [5.41, 5.74) is 1.78. The van der Waals surface area contributed by atoms with Crippen LogP contribution in [-0.4, -0.2) is 23.1 Å². The third-order valence-corrected chi connectivity index (χ3v) is 4.63. The summed E-state index contributed by atoms with van der Waals surface area (Å²) in [4.78, 5) is 10.0. The van der Waals surface area contributed by atoms with Crippen LogP contribution in [-0.2, 0) is 6.42 Å². The van der Waals surface area contributed by atoms with E-state index >= 15 is 0 Å². The fourth-order valence-electron chi connectivity index (χ4n) is 2.54. The third-order valence-electron chi connectivity index (χ3n) is 3.90. The molecular weight excluding hydrogens is 316 g/mol. The van der Waals surface area contributed by atoms with Gasteiger partial charge in [0.15, 0.2) is 5.82 Å². The SMILES string of the molecule is CC(Cc1ccsc1)N(C)c1nc(C(F)F)nc2ccccc12. The average Bonchev–Trinajstić information content (AvgIpc) is 3.05. The van der Waals surface area contributed by atoms with E-state index in [1.165, 1.54) is 5.56 Å². The molecule has 0 bridgehead atoms. The van der Waals surface area contributed by atoms with Crippen molar-refractivity contribution in [2.45, 2.75) is 25.8 Å². The molecule has 3 rings (SSSR count). The summed E-state index contributed by atoms with van der Waals surface area (Å²) in [5.74, 6) is 0.127. The second-order valence-electron chi connectivity index (χ2n) is 5.52. The van der Waals surface area contributed by atoms with Crippen molar-refractivity contribution in [1.82, 2.24) is 9.97 Å². The molecule has 0 amide bonds. The van der Waals surface area contributed by atoms with Crippen molar-refractivity contribution in [3.63, 3.8) is 0 Å². The summed E-state index contributed by atoms with van der Waals surface area (Å²) in [7, 11) is 1.89. The Kier molecular flexibility index (Phi) is 4.52. The van der Waals surface area contributed by atoms with Gasteiger partial charge in [-0.3, -0.25) is 0 Å². The first-order valence-corrected chi connectivity index (χ1v) is 8.29. The van der Waals surface area contributed by atoms with E-state index in [1.807, 2.05) is 29.5 Å². The Bertz CT molecular complexity index is 790. The minimum absolute atomic E-state index is 0.133. The van der Waals surface area contributed by atoms with Gasteiger partial charge in [0.05, 0.1) is 5.52 Å². The zero-order chi connectivity index (χ0) is 16.4. The molecule has 120 valence electrons. The highest BCUT2D eigenvalue weighted by atomic mass is 32.1. The van der Waals surface area contributed by atoms with E-state index in [0.29, 0.717) is 11.3 Å². The number of para-hydroxylation sites is 1. The first kappa shape index (κ1) is 15.8. The second kappa shape index (κ2) is 6.58. The first-order valence-electron chi connectivity index (χ1n) is 7.35. The van der Waals surface area contributed by atoms with E-state index < -0.39 is 12.2 Å². The maximum atomic E-state index is 13.1. The summed E-state index contributed by atoms with van der Waals surface area (Å²) in [6.07, 6.45) is -1.85. The molecule has 6 heteroatoms. The number of fused-ring (bicyclic) bond motifs is 1. The number of rotatable bonds is 5. The molecule has 0 radical (unpaired) electrons. The quantitative estimate of drug-likeness (QED) is 0.678. The minimum atomic E-state index is -2.68. The Morgan fingerprint density at radius 2 is 1.96 bits per heavy atom. The highest BCUT2D eigenvalue weighted by molar-refractivity contribution is 7.07. The van der Waals surface area contributed by atoms with Crippen molar-refractivity contribution in [1.29, 1.82) is 0 Å². The van der Waals surface area contributed by atoms with Gasteiger partial charge in [0, 0.05) is 18.5 Å². The van der Waals surface area contributed by atoms with Gasteiger partial charge in [0.2, 0.25) is 0 Å². The van der Waals surface area contributed by atoms with E-state index in [-0.39, 0.29) is 6.04 Å². The molecule has 2 aromatic heterocycles. The van der Waals surface area contributed by atoms with Crippen molar-refractivity contribution >= 4 is 28.1 Å². The molecule has 1 atom stereocenters. The standard InChI is InChI=1S/C17H17F2N3S/c1-11(9-12-7-8-23-10-12)22(2)17-13-5-3-4-6-14(13)20-16(21-17)15(18)19/h3-8,10-11,15H,9H2,1-2H3. The fraction of sp³-hybridized carbons (Fsp3) is 0.294. The summed E-state index contributed by atoms with van der Waals surface area (Å²) in [6, 6.07) is 9.49. The highest BCUT2D eigenvalue weighted by Crippen LogP contribution is 2.28. The van der Waals surface area contributed by atoms with E-state index in [2.05, 4.69) is 28.3 Å². The van der Waals surface area contributed by atoms with Gasteiger partial charge in [-0.1, -0.05) is 12.1 Å². The molecule has 0 aliphatic carbocycles. The Morgan fingerprint density at radius 1 is 1.17 bits per heavy atom. The van der Waals surface area contributed by atoms with Gasteiger partial charge in [0.25, 0.3) is 6.43 Å². The van der Waals surface area contributed by atoms with Crippen LogP contribution in [0.5, 0.6) is 0 Å². The molecule has 0 fully saturated rings. The van der Waals surface area contributed by atoms with Crippen LogP contribution >= 0.6 is 11.3 Å². The average molecular weight is 333 g/mol. The number of halogens is 2. The summed E-state index contributed by atoms with van der Waals surface area (Å²) in [6.45, 7) is 2.07. The van der Waals surface area contributed by atoms with Crippen LogP contribution in [0.1, 0.15) is 24.7 Å². The Labute approximate surface area is 137 Å². The number of thiophene rings is 1. The molecule has 1 unspecified atom stereocenters. The maximum absolute atomic E-state index is 13.1. The zero-order valence-electron chi connectivity index (χ0n) is 12.9. The van der Waals surface area contributed by atoms with E-state index in [1.54, 1.807) is 23.5 Å².